The van der Waals surface area contributed by atoms with Gasteiger partial charge in [0.1, 0.15) is 6.61 Å². The van der Waals surface area contributed by atoms with Crippen LogP contribution in [0.5, 0.6) is 0 Å². The Hall–Kier alpha value is -0.860. The van der Waals surface area contributed by atoms with Gasteiger partial charge in [-0.3, -0.25) is 0 Å². The molecule has 2 N–H and O–H groups in total. The van der Waals surface area contributed by atoms with Crippen molar-refractivity contribution in [1.29, 1.82) is 0 Å². The number of hydrogen-bond donors (Lipinski definition) is 2. The Morgan fingerprint density at radius 3 is 2.67 bits per heavy atom. The molecule has 0 aromatic rings. The van der Waals surface area contributed by atoms with E-state index in [1.54, 1.807) is 0 Å². The van der Waals surface area contributed by atoms with Crippen molar-refractivity contribution in [2.45, 2.75) is 12.0 Å². The van der Waals surface area contributed by atoms with Crippen LogP contribution in [0.25, 0.3) is 0 Å². The third kappa shape index (κ3) is 3.05. The topological polar surface area (TPSA) is 67.8 Å². The molecule has 15 heavy (non-hydrogen) atoms. The number of halogens is 3. The van der Waals surface area contributed by atoms with Crippen molar-refractivity contribution in [2.24, 2.45) is 0 Å². The molecule has 0 radical (unpaired) electrons. The summed E-state index contributed by atoms with van der Waals surface area (Å²) in [6.45, 7) is -0.524. The lowest BCUT2D eigenvalue weighted by molar-refractivity contribution is -0.276. The number of rotatable bonds is 2. The molecule has 1 heterocycles. The Balaban J connectivity index is 2.63. The lowest BCUT2D eigenvalue weighted by Gasteiger charge is -2.35. The average molecular weight is 229 g/mol. The predicted molar refractivity (Wildman–Crippen MR) is 40.8 cm³/mol. The summed E-state index contributed by atoms with van der Waals surface area (Å²) in [5, 5.41) is 11.5. The maximum absolute atomic E-state index is 11.9. The van der Waals surface area contributed by atoms with Crippen molar-refractivity contribution < 1.29 is 32.5 Å². The number of alkyl halides is 3. The van der Waals surface area contributed by atoms with E-state index >= 15 is 0 Å². The van der Waals surface area contributed by atoms with Gasteiger partial charge in [-0.25, -0.2) is 4.79 Å². The second-order valence-electron chi connectivity index (χ2n) is 2.98. The highest BCUT2D eigenvalue weighted by molar-refractivity contribution is 5.76. The van der Waals surface area contributed by atoms with Gasteiger partial charge in [-0.2, -0.15) is 13.2 Å². The number of esters is 1. The molecule has 88 valence electrons. The molecule has 8 heteroatoms. The van der Waals surface area contributed by atoms with E-state index in [1.165, 1.54) is 0 Å². The normalized spacial score (nSPS) is 27.5. The van der Waals surface area contributed by atoms with E-state index in [1.807, 2.05) is 0 Å². The third-order valence-corrected chi connectivity index (χ3v) is 1.79. The summed E-state index contributed by atoms with van der Waals surface area (Å²) in [6.07, 6.45) is -5.09. The molecule has 1 aliphatic rings. The number of carbonyl (C=O) groups excluding carboxylic acids is 1. The Bertz CT molecular complexity index is 237. The first kappa shape index (κ1) is 12.2. The first-order valence-electron chi connectivity index (χ1n) is 4.15. The molecule has 1 fully saturated rings. The minimum absolute atomic E-state index is 0.0612. The van der Waals surface area contributed by atoms with Crippen LogP contribution in [-0.2, 0) is 14.3 Å². The molecule has 5 nitrogen and oxygen atoms in total. The van der Waals surface area contributed by atoms with Crippen LogP contribution in [0.1, 0.15) is 0 Å². The minimum atomic E-state index is -5.09. The Kier molecular flexibility index (Phi) is 3.53. The Morgan fingerprint density at radius 1 is 1.60 bits per heavy atom. The second-order valence-corrected chi connectivity index (χ2v) is 2.98. The van der Waals surface area contributed by atoms with E-state index in [0.717, 1.165) is 0 Å². The molecule has 1 saturated heterocycles. The van der Waals surface area contributed by atoms with Crippen LogP contribution in [0.2, 0.25) is 0 Å². The van der Waals surface area contributed by atoms with Gasteiger partial charge in [0.25, 0.3) is 0 Å². The van der Waals surface area contributed by atoms with Crippen LogP contribution >= 0.6 is 0 Å². The lowest BCUT2D eigenvalue weighted by atomic mass is 10.2. The zero-order valence-electron chi connectivity index (χ0n) is 7.63. The zero-order valence-corrected chi connectivity index (χ0v) is 7.63. The molecular formula is C7H10F3NO4. The molecule has 0 spiro atoms. The maximum Gasteiger partial charge on any atom is 0.491 e. The van der Waals surface area contributed by atoms with Crippen molar-refractivity contribution in [3.05, 3.63) is 0 Å². The van der Waals surface area contributed by atoms with Crippen molar-refractivity contribution in [3.8, 4) is 0 Å². The molecule has 1 atom stereocenters. The average Bonchev–Trinajstić information content (AvgIpc) is 2.18. The molecule has 0 saturated carbocycles. The van der Waals surface area contributed by atoms with E-state index in [0.29, 0.717) is 6.54 Å². The maximum atomic E-state index is 11.9. The van der Waals surface area contributed by atoms with Gasteiger partial charge in [0, 0.05) is 6.54 Å². The number of morpholine rings is 1. The van der Waals surface area contributed by atoms with Gasteiger partial charge in [-0.15, -0.1) is 0 Å². The van der Waals surface area contributed by atoms with Crippen molar-refractivity contribution in [2.75, 3.05) is 26.3 Å². The fraction of sp³-hybridized carbons (Fsp3) is 0.857. The summed E-state index contributed by atoms with van der Waals surface area (Å²) in [5.74, 6) is -4.30. The molecule has 0 bridgehead atoms. The van der Waals surface area contributed by atoms with Crippen molar-refractivity contribution in [3.63, 3.8) is 0 Å². The molecule has 1 aliphatic heterocycles. The quantitative estimate of drug-likeness (QED) is 0.619. The van der Waals surface area contributed by atoms with Crippen molar-refractivity contribution >= 4 is 5.97 Å². The summed E-state index contributed by atoms with van der Waals surface area (Å²) in [7, 11) is 0. The fourth-order valence-corrected chi connectivity index (χ4v) is 1.07. The van der Waals surface area contributed by atoms with E-state index in [4.69, 9.17) is 9.84 Å². The summed E-state index contributed by atoms with van der Waals surface area (Å²) in [6, 6.07) is 0. The highest BCUT2D eigenvalue weighted by Gasteiger charge is 2.47. The number of aliphatic hydroxyl groups is 1. The van der Waals surface area contributed by atoms with Gasteiger partial charge < -0.3 is 19.9 Å². The van der Waals surface area contributed by atoms with Crippen LogP contribution in [-0.4, -0.2) is 49.3 Å². The van der Waals surface area contributed by atoms with Crippen LogP contribution in [0.4, 0.5) is 13.2 Å². The van der Waals surface area contributed by atoms with E-state index in [-0.39, 0.29) is 13.2 Å². The van der Waals surface area contributed by atoms with E-state index < -0.39 is 24.5 Å². The summed E-state index contributed by atoms with van der Waals surface area (Å²) >= 11 is 0. The third-order valence-electron chi connectivity index (χ3n) is 1.79. The largest absolute Gasteiger partial charge is 0.491 e. The molecule has 0 amide bonds. The lowest BCUT2D eigenvalue weighted by Crippen LogP contribution is -2.56. The molecular weight excluding hydrogens is 219 g/mol. The van der Waals surface area contributed by atoms with Gasteiger partial charge in [0.05, 0.1) is 13.2 Å². The summed E-state index contributed by atoms with van der Waals surface area (Å²) in [5.41, 5.74) is 0. The van der Waals surface area contributed by atoms with Gasteiger partial charge in [0.2, 0.25) is 5.79 Å². The minimum Gasteiger partial charge on any atom is -0.422 e. The number of ether oxygens (including phenoxy) is 2. The van der Waals surface area contributed by atoms with E-state index in [2.05, 4.69) is 10.1 Å². The van der Waals surface area contributed by atoms with Crippen molar-refractivity contribution in [1.82, 2.24) is 5.32 Å². The number of carbonyl (C=O) groups is 1. The number of hydrogen-bond acceptors (Lipinski definition) is 5. The van der Waals surface area contributed by atoms with Crippen LogP contribution in [0.3, 0.4) is 0 Å². The Labute approximate surface area is 83.2 Å². The molecule has 0 aromatic carbocycles. The van der Waals surface area contributed by atoms with Gasteiger partial charge in [-0.05, 0) is 0 Å². The summed E-state index contributed by atoms with van der Waals surface area (Å²) < 4.78 is 44.6. The SMILES string of the molecule is O=C(OC1(CO)CNCCO1)C(F)(F)F. The number of aliphatic hydroxyl groups excluding tert-OH is 1. The van der Waals surface area contributed by atoms with Crippen LogP contribution in [0, 0.1) is 0 Å². The first-order chi connectivity index (χ1) is 6.90. The predicted octanol–water partition coefficient (Wildman–Crippen LogP) is -0.600. The standard InChI is InChI=1S/C7H10F3NO4/c8-7(9,10)5(13)15-6(4-12)3-11-1-2-14-6/h11-12H,1-4H2. The van der Waals surface area contributed by atoms with Gasteiger partial charge in [0.15, 0.2) is 0 Å². The van der Waals surface area contributed by atoms with Crippen LogP contribution < -0.4 is 5.32 Å². The molecule has 1 rings (SSSR count). The molecule has 0 aliphatic carbocycles. The molecule has 1 unspecified atom stereocenters. The van der Waals surface area contributed by atoms with Crippen LogP contribution in [0.15, 0.2) is 0 Å². The van der Waals surface area contributed by atoms with E-state index in [9.17, 15) is 18.0 Å². The van der Waals surface area contributed by atoms with Gasteiger partial charge >= 0.3 is 12.1 Å². The zero-order chi connectivity index (χ0) is 11.5. The highest BCUT2D eigenvalue weighted by atomic mass is 19.4. The second kappa shape index (κ2) is 4.33. The number of nitrogens with one attached hydrogen (secondary N) is 1. The van der Waals surface area contributed by atoms with Gasteiger partial charge in [-0.1, -0.05) is 0 Å². The Morgan fingerprint density at radius 2 is 2.27 bits per heavy atom. The smallest absolute Gasteiger partial charge is 0.422 e. The highest BCUT2D eigenvalue weighted by Crippen LogP contribution is 2.22. The molecule has 0 aromatic heterocycles. The monoisotopic (exact) mass is 229 g/mol. The fourth-order valence-electron chi connectivity index (χ4n) is 1.07. The summed E-state index contributed by atoms with van der Waals surface area (Å²) in [4.78, 5) is 10.5. The first-order valence-corrected chi connectivity index (χ1v) is 4.15.